The lowest BCUT2D eigenvalue weighted by Crippen LogP contribution is -2.06. The van der Waals surface area contributed by atoms with Crippen LogP contribution in [0.3, 0.4) is 0 Å². The number of carbonyl (C=O) groups excluding carboxylic acids is 1. The predicted octanol–water partition coefficient (Wildman–Crippen LogP) is 6.16. The number of halogens is 3. The molecule has 0 aliphatic carbocycles. The van der Waals surface area contributed by atoms with Crippen molar-refractivity contribution in [2.24, 2.45) is 0 Å². The van der Waals surface area contributed by atoms with E-state index in [1.807, 2.05) is 30.3 Å². The molecule has 0 unspecified atom stereocenters. The summed E-state index contributed by atoms with van der Waals surface area (Å²) in [5.41, 5.74) is 0.705. The van der Waals surface area contributed by atoms with Crippen LogP contribution in [0.2, 0.25) is 0 Å². The molecule has 0 spiro atoms. The highest BCUT2D eigenvalue weighted by Gasteiger charge is 2.30. The number of hydrogen-bond donors (Lipinski definition) is 0. The van der Waals surface area contributed by atoms with Crippen LogP contribution in [0.4, 0.5) is 13.2 Å². The zero-order valence-corrected chi connectivity index (χ0v) is 15.5. The smallest absolute Gasteiger partial charge is 0.416 e. The second-order valence-corrected chi connectivity index (χ2v) is 6.48. The molecule has 0 aliphatic heterocycles. The molecular weight excluding hydrogens is 393 g/mol. The maximum atomic E-state index is 13.0. The van der Waals surface area contributed by atoms with Crippen LogP contribution in [0.15, 0.2) is 85.1 Å². The third kappa shape index (κ3) is 4.10. The van der Waals surface area contributed by atoms with Crippen LogP contribution in [0, 0.1) is 0 Å². The number of benzene rings is 3. The Morgan fingerprint density at radius 1 is 0.867 bits per heavy atom. The summed E-state index contributed by atoms with van der Waals surface area (Å²) in [6.45, 7) is 0. The van der Waals surface area contributed by atoms with Crippen LogP contribution < -0.4 is 4.74 Å². The minimum Gasteiger partial charge on any atom is -0.457 e. The van der Waals surface area contributed by atoms with E-state index in [0.29, 0.717) is 29.0 Å². The van der Waals surface area contributed by atoms with Gasteiger partial charge in [-0.15, -0.1) is 0 Å². The lowest BCUT2D eigenvalue weighted by Gasteiger charge is -2.08. The molecule has 7 heteroatoms. The van der Waals surface area contributed by atoms with Gasteiger partial charge in [-0.2, -0.15) is 18.3 Å². The van der Waals surface area contributed by atoms with Crippen molar-refractivity contribution >= 4 is 6.29 Å². The first-order valence-electron chi connectivity index (χ1n) is 9.00. The SMILES string of the molecule is O=Cc1cn(-c2cccc(C(F)(F)F)c2)nc1-c1ccc(Oc2ccccc2)cc1. The number of para-hydroxylation sites is 1. The summed E-state index contributed by atoms with van der Waals surface area (Å²) in [4.78, 5) is 11.5. The minimum absolute atomic E-state index is 0.211. The van der Waals surface area contributed by atoms with Crippen molar-refractivity contribution < 1.29 is 22.7 Å². The van der Waals surface area contributed by atoms with Gasteiger partial charge >= 0.3 is 6.18 Å². The highest BCUT2D eigenvalue weighted by Crippen LogP contribution is 2.31. The summed E-state index contributed by atoms with van der Waals surface area (Å²) in [6.07, 6.45) is -2.43. The van der Waals surface area contributed by atoms with Gasteiger partial charge in [-0.1, -0.05) is 24.3 Å². The molecule has 0 amide bonds. The summed E-state index contributed by atoms with van der Waals surface area (Å²) < 4.78 is 46.0. The number of alkyl halides is 3. The van der Waals surface area contributed by atoms with Gasteiger partial charge in [0.2, 0.25) is 0 Å². The van der Waals surface area contributed by atoms with E-state index < -0.39 is 11.7 Å². The van der Waals surface area contributed by atoms with Crippen LogP contribution >= 0.6 is 0 Å². The molecule has 150 valence electrons. The molecule has 4 rings (SSSR count). The van der Waals surface area contributed by atoms with Crippen LogP contribution in [0.5, 0.6) is 11.5 Å². The van der Waals surface area contributed by atoms with Gasteiger partial charge in [0, 0.05) is 11.8 Å². The van der Waals surface area contributed by atoms with Crippen molar-refractivity contribution in [2.75, 3.05) is 0 Å². The normalized spacial score (nSPS) is 11.3. The zero-order valence-electron chi connectivity index (χ0n) is 15.5. The number of rotatable bonds is 5. The molecule has 0 fully saturated rings. The molecule has 0 radical (unpaired) electrons. The minimum atomic E-state index is -4.46. The van der Waals surface area contributed by atoms with Gasteiger partial charge < -0.3 is 4.74 Å². The van der Waals surface area contributed by atoms with Crippen LogP contribution in [-0.4, -0.2) is 16.1 Å². The van der Waals surface area contributed by atoms with Gasteiger partial charge in [-0.05, 0) is 54.6 Å². The Labute approximate surface area is 170 Å². The van der Waals surface area contributed by atoms with Crippen LogP contribution in [-0.2, 0) is 6.18 Å². The molecule has 0 atom stereocenters. The molecule has 0 bridgehead atoms. The maximum Gasteiger partial charge on any atom is 0.416 e. The van der Waals surface area contributed by atoms with Gasteiger partial charge in [0.15, 0.2) is 6.29 Å². The molecule has 1 aromatic heterocycles. The molecular formula is C23H15F3N2O2. The molecule has 3 aromatic carbocycles. The van der Waals surface area contributed by atoms with Gasteiger partial charge in [0.25, 0.3) is 0 Å². The first-order valence-corrected chi connectivity index (χ1v) is 9.00. The van der Waals surface area contributed by atoms with Crippen molar-refractivity contribution in [1.82, 2.24) is 9.78 Å². The number of nitrogens with zero attached hydrogens (tertiary/aromatic N) is 2. The topological polar surface area (TPSA) is 44.1 Å². The van der Waals surface area contributed by atoms with Crippen molar-refractivity contribution in [2.45, 2.75) is 6.18 Å². The lowest BCUT2D eigenvalue weighted by atomic mass is 10.1. The van der Waals surface area contributed by atoms with E-state index in [-0.39, 0.29) is 11.3 Å². The third-order valence-electron chi connectivity index (χ3n) is 4.41. The molecule has 0 aliphatic rings. The first-order chi connectivity index (χ1) is 14.4. The average molecular weight is 408 g/mol. The third-order valence-corrected chi connectivity index (χ3v) is 4.41. The number of aromatic nitrogens is 2. The molecule has 30 heavy (non-hydrogen) atoms. The molecule has 4 aromatic rings. The van der Waals surface area contributed by atoms with E-state index in [0.717, 1.165) is 12.1 Å². The second-order valence-electron chi connectivity index (χ2n) is 6.48. The highest BCUT2D eigenvalue weighted by atomic mass is 19.4. The van der Waals surface area contributed by atoms with E-state index >= 15 is 0 Å². The largest absolute Gasteiger partial charge is 0.457 e. The fourth-order valence-corrected chi connectivity index (χ4v) is 2.96. The first kappa shape index (κ1) is 19.4. The number of ether oxygens (including phenoxy) is 1. The molecule has 0 N–H and O–H groups in total. The van der Waals surface area contributed by atoms with E-state index in [1.165, 1.54) is 23.0 Å². The lowest BCUT2D eigenvalue weighted by molar-refractivity contribution is -0.137. The quantitative estimate of drug-likeness (QED) is 0.371. The van der Waals surface area contributed by atoms with Crippen LogP contribution in [0.25, 0.3) is 16.9 Å². The zero-order chi connectivity index (χ0) is 21.1. The fraction of sp³-hybridized carbons (Fsp3) is 0.0435. The Bertz CT molecular complexity index is 1170. The summed E-state index contributed by atoms with van der Waals surface area (Å²) in [5, 5.41) is 4.34. The van der Waals surface area contributed by atoms with Gasteiger partial charge in [0.1, 0.15) is 17.2 Å². The van der Waals surface area contributed by atoms with Crippen LogP contribution in [0.1, 0.15) is 15.9 Å². The Hall–Kier alpha value is -3.87. The van der Waals surface area contributed by atoms with E-state index in [1.54, 1.807) is 24.3 Å². The predicted molar refractivity (Wildman–Crippen MR) is 106 cm³/mol. The Kier molecular flexibility index (Phi) is 5.10. The van der Waals surface area contributed by atoms with Gasteiger partial charge in [0.05, 0.1) is 16.8 Å². The van der Waals surface area contributed by atoms with Crippen molar-refractivity contribution in [3.8, 4) is 28.4 Å². The maximum absolute atomic E-state index is 13.0. The molecule has 0 saturated heterocycles. The van der Waals surface area contributed by atoms with E-state index in [9.17, 15) is 18.0 Å². The van der Waals surface area contributed by atoms with Gasteiger partial charge in [-0.25, -0.2) is 4.68 Å². The highest BCUT2D eigenvalue weighted by molar-refractivity contribution is 5.85. The number of hydrogen-bond acceptors (Lipinski definition) is 3. The van der Waals surface area contributed by atoms with E-state index in [4.69, 9.17) is 4.74 Å². The summed E-state index contributed by atoms with van der Waals surface area (Å²) in [6, 6.07) is 21.0. The second kappa shape index (κ2) is 7.87. The fourth-order valence-electron chi connectivity index (χ4n) is 2.96. The number of carbonyl (C=O) groups is 1. The summed E-state index contributed by atoms with van der Waals surface area (Å²) in [7, 11) is 0. The van der Waals surface area contributed by atoms with E-state index in [2.05, 4.69) is 5.10 Å². The monoisotopic (exact) mass is 408 g/mol. The van der Waals surface area contributed by atoms with Crippen molar-refractivity contribution in [3.05, 3.63) is 96.2 Å². The summed E-state index contributed by atoms with van der Waals surface area (Å²) in [5.74, 6) is 1.29. The molecule has 4 nitrogen and oxygen atoms in total. The van der Waals surface area contributed by atoms with Gasteiger partial charge in [-0.3, -0.25) is 4.79 Å². The standard InChI is InChI=1S/C23H15F3N2O2/c24-23(25,26)18-5-4-6-19(13-18)28-14-17(15-29)22(27-28)16-9-11-21(12-10-16)30-20-7-2-1-3-8-20/h1-15H. The Morgan fingerprint density at radius 2 is 1.57 bits per heavy atom. The number of aldehydes is 1. The molecule has 1 heterocycles. The van der Waals surface area contributed by atoms with Crippen molar-refractivity contribution in [3.63, 3.8) is 0 Å². The summed E-state index contributed by atoms with van der Waals surface area (Å²) >= 11 is 0. The molecule has 0 saturated carbocycles. The Morgan fingerprint density at radius 3 is 2.23 bits per heavy atom. The average Bonchev–Trinajstić information content (AvgIpc) is 3.19. The van der Waals surface area contributed by atoms with Crippen molar-refractivity contribution in [1.29, 1.82) is 0 Å². The Balaban J connectivity index is 1.64.